The van der Waals surface area contributed by atoms with E-state index < -0.39 is 11.8 Å². The van der Waals surface area contributed by atoms with Gasteiger partial charge in [0.2, 0.25) is 11.8 Å². The van der Waals surface area contributed by atoms with Gasteiger partial charge in [-0.3, -0.25) is 4.79 Å². The molecule has 3 amide bonds. The van der Waals surface area contributed by atoms with Crippen LogP contribution in [0.25, 0.3) is 10.9 Å². The molecule has 3 N–H and O–H groups in total. The van der Waals surface area contributed by atoms with Crippen molar-refractivity contribution in [2.75, 3.05) is 24.3 Å². The van der Waals surface area contributed by atoms with Crippen molar-refractivity contribution >= 4 is 34.2 Å². The number of rotatable bonds is 9. The maximum Gasteiger partial charge on any atom is 0.319 e. The van der Waals surface area contributed by atoms with Crippen LogP contribution >= 0.6 is 0 Å². The zero-order chi connectivity index (χ0) is 27.1. The zero-order valence-corrected chi connectivity index (χ0v) is 20.7. The Hall–Kier alpha value is -4.80. The predicted octanol–water partition coefficient (Wildman–Crippen LogP) is 5.42. The summed E-state index contributed by atoms with van der Waals surface area (Å²) in [4.78, 5) is 32.4. The second-order valence-electron chi connectivity index (χ2n) is 8.16. The molecule has 38 heavy (non-hydrogen) atoms. The number of halogens is 2. The first kappa shape index (κ1) is 26.3. The highest BCUT2D eigenvalue weighted by Crippen LogP contribution is 2.35. The summed E-state index contributed by atoms with van der Waals surface area (Å²) in [5.74, 6) is -0.948. The number of carbonyl (C=O) groups is 2. The Morgan fingerprint density at radius 1 is 0.974 bits per heavy atom. The standard InChI is InChI=1S/C27H25F2N5O4/c1-3-25(35)34-22-13-19-21(14-24(22)37-2)31-15-32-26(19)38-23-8-7-18(12-20(23)29)33-27(36)30-10-9-16-5-4-6-17(28)11-16/h4-8,11-15H,3,9-10H2,1-2H3,(H,34,35)(H2,30,33,36). The highest BCUT2D eigenvalue weighted by atomic mass is 19.1. The average molecular weight is 522 g/mol. The van der Waals surface area contributed by atoms with Crippen LogP contribution < -0.4 is 25.4 Å². The van der Waals surface area contributed by atoms with E-state index in [9.17, 15) is 18.4 Å². The molecule has 0 atom stereocenters. The van der Waals surface area contributed by atoms with E-state index in [1.807, 2.05) is 0 Å². The van der Waals surface area contributed by atoms with Crippen molar-refractivity contribution in [1.82, 2.24) is 15.3 Å². The molecule has 0 radical (unpaired) electrons. The number of nitrogens with one attached hydrogen (secondary N) is 3. The lowest BCUT2D eigenvalue weighted by Gasteiger charge is -2.13. The number of ether oxygens (including phenoxy) is 2. The number of urea groups is 1. The van der Waals surface area contributed by atoms with Gasteiger partial charge in [0.1, 0.15) is 17.9 Å². The largest absolute Gasteiger partial charge is 0.494 e. The van der Waals surface area contributed by atoms with Crippen molar-refractivity contribution in [3.63, 3.8) is 0 Å². The van der Waals surface area contributed by atoms with Crippen molar-refractivity contribution in [2.24, 2.45) is 0 Å². The van der Waals surface area contributed by atoms with Crippen molar-refractivity contribution in [3.05, 3.63) is 78.1 Å². The molecule has 9 nitrogen and oxygen atoms in total. The fourth-order valence-electron chi connectivity index (χ4n) is 3.60. The predicted molar refractivity (Wildman–Crippen MR) is 139 cm³/mol. The molecule has 196 valence electrons. The van der Waals surface area contributed by atoms with Crippen LogP contribution in [0.2, 0.25) is 0 Å². The van der Waals surface area contributed by atoms with E-state index in [-0.39, 0.29) is 42.0 Å². The number of amides is 3. The minimum atomic E-state index is -0.734. The number of hydrogen-bond donors (Lipinski definition) is 3. The van der Waals surface area contributed by atoms with E-state index in [2.05, 4.69) is 25.9 Å². The number of aromatic nitrogens is 2. The lowest BCUT2D eigenvalue weighted by molar-refractivity contribution is -0.115. The van der Waals surface area contributed by atoms with Gasteiger partial charge in [-0.15, -0.1) is 0 Å². The van der Waals surface area contributed by atoms with Crippen molar-refractivity contribution in [2.45, 2.75) is 19.8 Å². The van der Waals surface area contributed by atoms with Gasteiger partial charge in [-0.05, 0) is 42.3 Å². The van der Waals surface area contributed by atoms with Crippen LogP contribution in [-0.4, -0.2) is 35.6 Å². The molecule has 0 fully saturated rings. The van der Waals surface area contributed by atoms with Crippen LogP contribution in [0.1, 0.15) is 18.9 Å². The summed E-state index contributed by atoms with van der Waals surface area (Å²) in [5.41, 5.74) is 1.82. The number of carbonyl (C=O) groups excluding carboxylic acids is 2. The lowest BCUT2D eigenvalue weighted by Crippen LogP contribution is -2.30. The highest BCUT2D eigenvalue weighted by Gasteiger charge is 2.15. The Labute approximate surface area is 217 Å². The lowest BCUT2D eigenvalue weighted by atomic mass is 10.1. The first-order valence-electron chi connectivity index (χ1n) is 11.8. The summed E-state index contributed by atoms with van der Waals surface area (Å²) < 4.78 is 39.2. The van der Waals surface area contributed by atoms with Gasteiger partial charge >= 0.3 is 6.03 Å². The maximum atomic E-state index is 14.9. The van der Waals surface area contributed by atoms with E-state index in [4.69, 9.17) is 9.47 Å². The quantitative estimate of drug-likeness (QED) is 0.271. The second-order valence-corrected chi connectivity index (χ2v) is 8.16. The molecule has 0 aliphatic rings. The second kappa shape index (κ2) is 12.0. The fourth-order valence-corrected chi connectivity index (χ4v) is 3.60. The molecule has 3 aromatic carbocycles. The van der Waals surface area contributed by atoms with Crippen molar-refractivity contribution in [3.8, 4) is 17.4 Å². The Bertz CT molecular complexity index is 1480. The summed E-state index contributed by atoms with van der Waals surface area (Å²) in [5, 5.41) is 8.36. The molecule has 11 heteroatoms. The van der Waals surface area contributed by atoms with E-state index in [1.54, 1.807) is 31.2 Å². The number of nitrogens with zero attached hydrogens (tertiary/aromatic N) is 2. The van der Waals surface area contributed by atoms with Gasteiger partial charge in [-0.2, -0.15) is 0 Å². The molecule has 0 aliphatic carbocycles. The monoisotopic (exact) mass is 521 g/mol. The third-order valence-corrected chi connectivity index (χ3v) is 5.50. The summed E-state index contributed by atoms with van der Waals surface area (Å²) in [7, 11) is 1.47. The molecule has 0 aliphatic heterocycles. The van der Waals surface area contributed by atoms with Crippen LogP contribution in [0.5, 0.6) is 17.4 Å². The normalized spacial score (nSPS) is 10.6. The van der Waals surface area contributed by atoms with E-state index >= 15 is 0 Å². The van der Waals surface area contributed by atoms with Crippen LogP contribution in [0.15, 0.2) is 60.9 Å². The van der Waals surface area contributed by atoms with Crippen LogP contribution in [0, 0.1) is 11.6 Å². The Morgan fingerprint density at radius 2 is 1.82 bits per heavy atom. The van der Waals surface area contributed by atoms with E-state index in [0.717, 1.165) is 11.6 Å². The molecule has 4 aromatic rings. The number of hydrogen-bond acceptors (Lipinski definition) is 6. The Balaban J connectivity index is 1.45. The topological polar surface area (TPSA) is 114 Å². The van der Waals surface area contributed by atoms with Crippen molar-refractivity contribution < 1.29 is 27.8 Å². The molecule has 1 aromatic heterocycles. The minimum Gasteiger partial charge on any atom is -0.494 e. The fraction of sp³-hybridized carbons (Fsp3) is 0.185. The summed E-state index contributed by atoms with van der Waals surface area (Å²) in [6.07, 6.45) is 1.98. The zero-order valence-electron chi connectivity index (χ0n) is 20.7. The Morgan fingerprint density at radius 3 is 2.55 bits per heavy atom. The van der Waals surface area contributed by atoms with Crippen molar-refractivity contribution in [1.29, 1.82) is 0 Å². The average Bonchev–Trinajstić information content (AvgIpc) is 2.90. The molecule has 0 spiro atoms. The summed E-state index contributed by atoms with van der Waals surface area (Å²) in [6.45, 7) is 1.99. The van der Waals surface area contributed by atoms with Gasteiger partial charge in [-0.25, -0.2) is 23.5 Å². The van der Waals surface area contributed by atoms with Crippen LogP contribution in [0.4, 0.5) is 25.0 Å². The highest BCUT2D eigenvalue weighted by molar-refractivity contribution is 5.97. The van der Waals surface area contributed by atoms with E-state index in [0.29, 0.717) is 28.8 Å². The van der Waals surface area contributed by atoms with Gasteiger partial charge in [0.05, 0.1) is 23.7 Å². The molecular weight excluding hydrogens is 496 g/mol. The molecule has 0 saturated heterocycles. The first-order chi connectivity index (χ1) is 18.4. The number of benzene rings is 3. The number of methoxy groups -OCH3 is 1. The van der Waals surface area contributed by atoms with Gasteiger partial charge in [0, 0.05) is 30.8 Å². The summed E-state index contributed by atoms with van der Waals surface area (Å²) in [6, 6.07) is 12.7. The molecule has 0 saturated carbocycles. The minimum absolute atomic E-state index is 0.0688. The van der Waals surface area contributed by atoms with E-state index in [1.165, 1.54) is 37.7 Å². The van der Waals surface area contributed by atoms with Crippen LogP contribution in [0.3, 0.4) is 0 Å². The first-order valence-corrected chi connectivity index (χ1v) is 11.8. The number of anilines is 2. The van der Waals surface area contributed by atoms with Gasteiger partial charge in [-0.1, -0.05) is 19.1 Å². The molecule has 4 rings (SSSR count). The third kappa shape index (κ3) is 6.49. The molecule has 1 heterocycles. The third-order valence-electron chi connectivity index (χ3n) is 5.50. The summed E-state index contributed by atoms with van der Waals surface area (Å²) >= 11 is 0. The SMILES string of the molecule is CCC(=O)Nc1cc2c(Oc3ccc(NC(=O)NCCc4cccc(F)c4)cc3F)ncnc2cc1OC. The maximum absolute atomic E-state index is 14.9. The van der Waals surface area contributed by atoms with Gasteiger partial charge in [0.25, 0.3) is 0 Å². The molecular formula is C27H25F2N5O4. The number of fused-ring (bicyclic) bond motifs is 1. The smallest absolute Gasteiger partial charge is 0.319 e. The molecule has 0 bridgehead atoms. The van der Waals surface area contributed by atoms with Gasteiger partial charge in [0.15, 0.2) is 11.6 Å². The van der Waals surface area contributed by atoms with Gasteiger partial charge < -0.3 is 25.4 Å². The molecule has 0 unspecified atom stereocenters. The Kier molecular flexibility index (Phi) is 8.27. The van der Waals surface area contributed by atoms with Crippen LogP contribution in [-0.2, 0) is 11.2 Å².